The summed E-state index contributed by atoms with van der Waals surface area (Å²) in [4.78, 5) is 40.5. The molecule has 0 aromatic heterocycles. The zero-order valence-electron chi connectivity index (χ0n) is 28.0. The van der Waals surface area contributed by atoms with Crippen molar-refractivity contribution in [1.82, 2.24) is 0 Å². The van der Waals surface area contributed by atoms with Crippen molar-refractivity contribution >= 4 is 18.0 Å². The molecule has 1 aromatic carbocycles. The normalized spacial score (nSPS) is 39.5. The molecule has 8 nitrogen and oxygen atoms in total. The number of Topliss-reactive ketones (excluding diaryl/α,β-unsaturated/α-hetero) is 2. The number of aromatic hydroxyl groups is 1. The topological polar surface area (TPSA) is 108 Å². The Morgan fingerprint density at radius 1 is 1.07 bits per heavy atom. The highest BCUT2D eigenvalue weighted by molar-refractivity contribution is 6.18. The first-order valence-corrected chi connectivity index (χ1v) is 16.8. The lowest BCUT2D eigenvalue weighted by Crippen LogP contribution is -2.72. The van der Waals surface area contributed by atoms with E-state index >= 15 is 0 Å². The summed E-state index contributed by atoms with van der Waals surface area (Å²) in [5.74, 6) is 0.590. The molecule has 4 saturated carbocycles. The molecule has 0 amide bonds. The Morgan fingerprint density at radius 2 is 1.80 bits per heavy atom. The van der Waals surface area contributed by atoms with E-state index in [0.29, 0.717) is 48.1 Å². The second-order valence-corrected chi connectivity index (χ2v) is 16.4. The van der Waals surface area contributed by atoms with Crippen molar-refractivity contribution in [2.24, 2.45) is 29.1 Å². The Balaban J connectivity index is 1.39. The summed E-state index contributed by atoms with van der Waals surface area (Å²) in [6, 6.07) is 0. The average Bonchev–Trinajstić information content (AvgIpc) is 3.12. The van der Waals surface area contributed by atoms with Crippen LogP contribution < -0.4 is 9.47 Å². The lowest BCUT2D eigenvalue weighted by Gasteiger charge is -2.70. The number of hydrogen-bond acceptors (Lipinski definition) is 8. The molecule has 1 spiro atoms. The maximum atomic E-state index is 15.0. The van der Waals surface area contributed by atoms with Gasteiger partial charge in [0.05, 0.1) is 5.60 Å². The molecule has 9 aliphatic rings. The number of fused-ring (bicyclic) bond motifs is 3. The predicted molar refractivity (Wildman–Crippen MR) is 169 cm³/mol. The maximum absolute atomic E-state index is 15.0. The zero-order valence-corrected chi connectivity index (χ0v) is 28.0. The van der Waals surface area contributed by atoms with Gasteiger partial charge in [0.15, 0.2) is 22.8 Å². The molecule has 8 bridgehead atoms. The number of rotatable bonds is 6. The predicted octanol–water partition coefficient (Wildman–Crippen LogP) is 6.68. The fourth-order valence-corrected chi connectivity index (χ4v) is 11.3. The van der Waals surface area contributed by atoms with Crippen LogP contribution in [0.2, 0.25) is 0 Å². The number of phenols is 1. The van der Waals surface area contributed by atoms with Gasteiger partial charge in [-0.2, -0.15) is 0 Å². The lowest BCUT2D eigenvalue weighted by molar-refractivity contribution is -0.214. The van der Waals surface area contributed by atoms with Gasteiger partial charge in [0.2, 0.25) is 0 Å². The molecule has 1 aromatic rings. The van der Waals surface area contributed by atoms with Gasteiger partial charge in [-0.1, -0.05) is 31.6 Å². The van der Waals surface area contributed by atoms with Gasteiger partial charge in [-0.3, -0.25) is 14.4 Å². The van der Waals surface area contributed by atoms with Crippen molar-refractivity contribution in [2.75, 3.05) is 0 Å². The second-order valence-electron chi connectivity index (χ2n) is 16.4. The second kappa shape index (κ2) is 8.94. The van der Waals surface area contributed by atoms with Crippen LogP contribution in [0.1, 0.15) is 108 Å². The number of ether oxygens (including phenoxy) is 4. The van der Waals surface area contributed by atoms with E-state index in [2.05, 4.69) is 26.8 Å². The minimum atomic E-state index is -1.52. The van der Waals surface area contributed by atoms with Crippen LogP contribution in [-0.4, -0.2) is 45.5 Å². The Morgan fingerprint density at radius 3 is 2.48 bits per heavy atom. The molecule has 5 fully saturated rings. The summed E-state index contributed by atoms with van der Waals surface area (Å²) in [5, 5.41) is 12.2. The quantitative estimate of drug-likeness (QED) is 0.211. The van der Waals surface area contributed by atoms with Crippen LogP contribution in [0, 0.1) is 29.1 Å². The first-order chi connectivity index (χ1) is 21.6. The van der Waals surface area contributed by atoms with Crippen LogP contribution in [-0.2, 0) is 25.5 Å². The zero-order chi connectivity index (χ0) is 32.9. The number of ketones is 2. The van der Waals surface area contributed by atoms with Gasteiger partial charge < -0.3 is 24.1 Å². The van der Waals surface area contributed by atoms with Crippen molar-refractivity contribution in [1.29, 1.82) is 0 Å². The summed E-state index contributed by atoms with van der Waals surface area (Å²) < 4.78 is 26.2. The van der Waals surface area contributed by atoms with Crippen molar-refractivity contribution in [3.8, 4) is 17.2 Å². The number of hydrogen-bond donors (Lipinski definition) is 1. The van der Waals surface area contributed by atoms with Gasteiger partial charge in [0.25, 0.3) is 6.47 Å². The smallest absolute Gasteiger partial charge is 0.298 e. The molecule has 3 aliphatic heterocycles. The standard InChI is InChI=1S/C38H44O8/c1-18(2)9-10-21-30-26(25-22-12-13-36(8,44-30)32(25)34(22,4)5)29(41)27-28(40)23-15-20-16-24-35(6,7)46-37(33(20)42,14-11-19(3)43-17-39)38(23,24)45-31(21)27/h9,11,15,17,20,22,24-25,32,41H,10,12-14,16H2,1-8H3/b19-11-/t20?,22?,24?,25?,32?,36-,37?,38+/m0/s1. The van der Waals surface area contributed by atoms with E-state index in [1.54, 1.807) is 19.1 Å². The number of benzene rings is 1. The Hall–Kier alpha value is -3.39. The number of phenolic OH excluding ortho intramolecular Hbond substituents is 1. The van der Waals surface area contributed by atoms with Crippen LogP contribution in [0.3, 0.4) is 0 Å². The van der Waals surface area contributed by atoms with Crippen LogP contribution in [0.4, 0.5) is 0 Å². The summed E-state index contributed by atoms with van der Waals surface area (Å²) >= 11 is 0. The highest BCUT2D eigenvalue weighted by Crippen LogP contribution is 2.76. The van der Waals surface area contributed by atoms with Crippen molar-refractivity contribution in [3.63, 3.8) is 0 Å². The third-order valence-electron chi connectivity index (χ3n) is 13.1. The molecular formula is C38H44O8. The summed E-state index contributed by atoms with van der Waals surface area (Å²) in [7, 11) is 0. The van der Waals surface area contributed by atoms with Crippen molar-refractivity contribution < 1.29 is 38.4 Å². The number of carbonyl (C=O) groups is 3. The van der Waals surface area contributed by atoms with Gasteiger partial charge in [0, 0.05) is 46.8 Å². The van der Waals surface area contributed by atoms with E-state index in [1.165, 1.54) is 0 Å². The van der Waals surface area contributed by atoms with Crippen molar-refractivity contribution in [2.45, 2.75) is 116 Å². The van der Waals surface area contributed by atoms with E-state index in [9.17, 15) is 19.5 Å². The summed E-state index contributed by atoms with van der Waals surface area (Å²) in [6.45, 7) is 16.8. The summed E-state index contributed by atoms with van der Waals surface area (Å²) in [6.07, 6.45) is 8.48. The van der Waals surface area contributed by atoms with Crippen LogP contribution >= 0.6 is 0 Å². The first kappa shape index (κ1) is 30.0. The third-order valence-corrected chi connectivity index (χ3v) is 13.1. The molecule has 1 N–H and O–H groups in total. The van der Waals surface area contributed by atoms with Gasteiger partial charge in [0.1, 0.15) is 34.2 Å². The first-order valence-electron chi connectivity index (χ1n) is 16.8. The largest absolute Gasteiger partial charge is 0.507 e. The Kier molecular flexibility index (Phi) is 5.83. The Bertz CT molecular complexity index is 1740. The molecule has 8 atom stereocenters. The van der Waals surface area contributed by atoms with E-state index in [0.717, 1.165) is 29.5 Å². The minimum absolute atomic E-state index is 0.0457. The molecule has 3 heterocycles. The van der Waals surface area contributed by atoms with Crippen molar-refractivity contribution in [3.05, 3.63) is 51.8 Å². The maximum Gasteiger partial charge on any atom is 0.298 e. The molecule has 244 valence electrons. The SMILES string of the molecule is CC(C)=CCc1c2c(c(O)c3c1O[C@@]1(C)CCC4C3C1C4(C)C)C(=O)C1=CC3CC4C(C)(C)OC(C/C=C(/C)OC=O)(C3=O)[C@@]14O2. The molecule has 1 saturated heterocycles. The molecule has 6 unspecified atom stereocenters. The van der Waals surface area contributed by atoms with Gasteiger partial charge >= 0.3 is 0 Å². The van der Waals surface area contributed by atoms with Gasteiger partial charge in [-0.25, -0.2) is 0 Å². The lowest BCUT2D eigenvalue weighted by atomic mass is 9.37. The monoisotopic (exact) mass is 628 g/mol. The van der Waals surface area contributed by atoms with E-state index in [4.69, 9.17) is 18.9 Å². The van der Waals surface area contributed by atoms with E-state index < -0.39 is 28.3 Å². The van der Waals surface area contributed by atoms with E-state index in [1.807, 2.05) is 27.7 Å². The highest BCUT2D eigenvalue weighted by Gasteiger charge is 2.81. The molecule has 46 heavy (non-hydrogen) atoms. The van der Waals surface area contributed by atoms with E-state index in [-0.39, 0.29) is 52.5 Å². The number of carbonyl (C=O) groups excluding carboxylic acids is 3. The fraction of sp³-hybridized carbons (Fsp3) is 0.605. The molecule has 0 radical (unpaired) electrons. The van der Waals surface area contributed by atoms with Gasteiger partial charge in [-0.05, 0) is 84.6 Å². The number of allylic oxidation sites excluding steroid dienone is 4. The fourth-order valence-electron chi connectivity index (χ4n) is 11.3. The molecule has 6 aliphatic carbocycles. The average molecular weight is 629 g/mol. The minimum Gasteiger partial charge on any atom is -0.507 e. The molecule has 10 rings (SSSR count). The van der Waals surface area contributed by atoms with Crippen LogP contribution in [0.15, 0.2) is 35.1 Å². The Labute approximate surface area is 270 Å². The van der Waals surface area contributed by atoms with Gasteiger partial charge in [-0.15, -0.1) is 0 Å². The molecular weight excluding hydrogens is 584 g/mol. The highest BCUT2D eigenvalue weighted by atomic mass is 16.6. The van der Waals surface area contributed by atoms with Crippen LogP contribution in [0.25, 0.3) is 0 Å². The molecule has 8 heteroatoms. The third kappa shape index (κ3) is 3.27. The van der Waals surface area contributed by atoms with Crippen LogP contribution in [0.5, 0.6) is 17.2 Å². The summed E-state index contributed by atoms with van der Waals surface area (Å²) in [5.41, 5.74) is -0.973.